The Morgan fingerprint density at radius 1 is 1.35 bits per heavy atom. The number of urea groups is 1. The number of ether oxygens (including phenoxy) is 2. The summed E-state index contributed by atoms with van der Waals surface area (Å²) in [4.78, 5) is 22.8. The number of hydrogen-bond acceptors (Lipinski definition) is 5. The quantitative estimate of drug-likeness (QED) is 0.485. The van der Waals surface area contributed by atoms with Gasteiger partial charge in [-0.3, -0.25) is 0 Å². The van der Waals surface area contributed by atoms with E-state index in [9.17, 15) is 9.59 Å². The summed E-state index contributed by atoms with van der Waals surface area (Å²) in [6.45, 7) is 0.833. The maximum atomic E-state index is 11.4. The lowest BCUT2D eigenvalue weighted by Crippen LogP contribution is -2.47. The summed E-state index contributed by atoms with van der Waals surface area (Å²) in [5.41, 5.74) is 0. The largest absolute Gasteiger partial charge is 0.467 e. The Bertz CT molecular complexity index is 238. The number of esters is 1. The van der Waals surface area contributed by atoms with Crippen LogP contribution in [0, 0.1) is 0 Å². The predicted octanol–water partition coefficient (Wildman–Crippen LogP) is 0.227. The minimum Gasteiger partial charge on any atom is -0.467 e. The fraction of sp³-hybridized carbons (Fsp3) is 0.800. The molecular weight excluding hydrogens is 244 g/mol. The van der Waals surface area contributed by atoms with Gasteiger partial charge in [0, 0.05) is 13.7 Å². The Labute approximate surface area is 106 Å². The molecule has 7 heteroatoms. The first-order valence-corrected chi connectivity index (χ1v) is 6.65. The molecule has 0 bridgehead atoms. The van der Waals surface area contributed by atoms with Gasteiger partial charge < -0.3 is 20.1 Å². The number of carbonyl (C=O) groups is 2. The van der Waals surface area contributed by atoms with Gasteiger partial charge in [0.2, 0.25) is 0 Å². The number of rotatable bonds is 8. The van der Waals surface area contributed by atoms with E-state index in [2.05, 4.69) is 15.4 Å². The average Bonchev–Trinajstić information content (AvgIpc) is 2.33. The van der Waals surface area contributed by atoms with Crippen molar-refractivity contribution >= 4 is 23.8 Å². The van der Waals surface area contributed by atoms with Gasteiger partial charge in [0.05, 0.1) is 13.7 Å². The standard InChI is InChI=1S/C10H20N2O4S/c1-15-6-5-11-10(14)12-8(4-7-17-3)9(13)16-2/h8H,4-7H2,1-3H3,(H2,11,12,14). The molecule has 0 saturated carbocycles. The molecule has 100 valence electrons. The van der Waals surface area contributed by atoms with Gasteiger partial charge in [-0.25, -0.2) is 9.59 Å². The molecule has 0 aliphatic carbocycles. The van der Waals surface area contributed by atoms with E-state index in [1.807, 2.05) is 6.26 Å². The highest BCUT2D eigenvalue weighted by Crippen LogP contribution is 2.02. The first kappa shape index (κ1) is 16.1. The zero-order valence-electron chi connectivity index (χ0n) is 10.4. The molecule has 0 saturated heterocycles. The van der Waals surface area contributed by atoms with E-state index in [1.54, 1.807) is 18.9 Å². The van der Waals surface area contributed by atoms with Crippen molar-refractivity contribution in [2.75, 3.05) is 39.4 Å². The average molecular weight is 264 g/mol. The number of nitrogens with one attached hydrogen (secondary N) is 2. The Balaban J connectivity index is 4.03. The molecule has 0 spiro atoms. The molecule has 0 aromatic heterocycles. The van der Waals surface area contributed by atoms with Crippen LogP contribution in [-0.4, -0.2) is 57.4 Å². The summed E-state index contributed by atoms with van der Waals surface area (Å²) >= 11 is 1.61. The number of carbonyl (C=O) groups excluding carboxylic acids is 2. The predicted molar refractivity (Wildman–Crippen MR) is 67.2 cm³/mol. The first-order chi connectivity index (χ1) is 8.15. The second kappa shape index (κ2) is 10.2. The lowest BCUT2D eigenvalue weighted by atomic mass is 10.2. The zero-order chi connectivity index (χ0) is 13.1. The third-order valence-electron chi connectivity index (χ3n) is 1.99. The van der Waals surface area contributed by atoms with Crippen LogP contribution in [0.5, 0.6) is 0 Å². The highest BCUT2D eigenvalue weighted by atomic mass is 32.2. The second-order valence-electron chi connectivity index (χ2n) is 3.25. The van der Waals surface area contributed by atoms with Gasteiger partial charge in [-0.15, -0.1) is 0 Å². The Morgan fingerprint density at radius 2 is 2.06 bits per heavy atom. The molecule has 2 N–H and O–H groups in total. The third-order valence-corrected chi connectivity index (χ3v) is 2.64. The van der Waals surface area contributed by atoms with Crippen LogP contribution in [0.3, 0.4) is 0 Å². The van der Waals surface area contributed by atoms with Crippen molar-refractivity contribution in [1.29, 1.82) is 0 Å². The summed E-state index contributed by atoms with van der Waals surface area (Å²) in [5, 5.41) is 5.15. The molecule has 17 heavy (non-hydrogen) atoms. The first-order valence-electron chi connectivity index (χ1n) is 5.25. The smallest absolute Gasteiger partial charge is 0.328 e. The van der Waals surface area contributed by atoms with Crippen molar-refractivity contribution < 1.29 is 19.1 Å². The molecule has 0 aromatic carbocycles. The molecular formula is C10H20N2O4S. The van der Waals surface area contributed by atoms with Crippen molar-refractivity contribution in [2.24, 2.45) is 0 Å². The molecule has 0 heterocycles. The molecule has 1 atom stereocenters. The molecule has 6 nitrogen and oxygen atoms in total. The molecule has 2 amide bonds. The fourth-order valence-corrected chi connectivity index (χ4v) is 1.57. The van der Waals surface area contributed by atoms with E-state index >= 15 is 0 Å². The molecule has 0 aromatic rings. The highest BCUT2D eigenvalue weighted by Gasteiger charge is 2.20. The molecule has 0 rings (SSSR count). The number of thioether (sulfide) groups is 1. The number of amides is 2. The fourth-order valence-electron chi connectivity index (χ4n) is 1.10. The minimum atomic E-state index is -0.602. The Kier molecular flexibility index (Phi) is 9.65. The number of methoxy groups -OCH3 is 2. The Hall–Kier alpha value is -0.950. The molecule has 0 aliphatic heterocycles. The Morgan fingerprint density at radius 3 is 2.59 bits per heavy atom. The lowest BCUT2D eigenvalue weighted by Gasteiger charge is -2.16. The van der Waals surface area contributed by atoms with Crippen LogP contribution in [-0.2, 0) is 14.3 Å². The molecule has 1 unspecified atom stereocenters. The van der Waals surface area contributed by atoms with Crippen molar-refractivity contribution in [3.05, 3.63) is 0 Å². The molecule has 0 radical (unpaired) electrons. The van der Waals surface area contributed by atoms with Gasteiger partial charge in [0.15, 0.2) is 0 Å². The molecule has 0 fully saturated rings. The minimum absolute atomic E-state index is 0.390. The summed E-state index contributed by atoms with van der Waals surface area (Å²) in [5.74, 6) is 0.346. The van der Waals surface area contributed by atoms with Gasteiger partial charge in [-0.2, -0.15) is 11.8 Å². The summed E-state index contributed by atoms with van der Waals surface area (Å²) in [6.07, 6.45) is 2.48. The summed E-state index contributed by atoms with van der Waals surface area (Å²) in [6, 6.07) is -0.992. The topological polar surface area (TPSA) is 76.7 Å². The SMILES string of the molecule is COCCNC(=O)NC(CCSC)C(=O)OC. The van der Waals surface area contributed by atoms with Crippen LogP contribution in [0.15, 0.2) is 0 Å². The van der Waals surface area contributed by atoms with E-state index in [-0.39, 0.29) is 0 Å². The maximum absolute atomic E-state index is 11.4. The van der Waals surface area contributed by atoms with E-state index in [4.69, 9.17) is 4.74 Å². The van der Waals surface area contributed by atoms with Gasteiger partial charge in [0.1, 0.15) is 6.04 Å². The lowest BCUT2D eigenvalue weighted by molar-refractivity contribution is -0.142. The highest BCUT2D eigenvalue weighted by molar-refractivity contribution is 7.98. The van der Waals surface area contributed by atoms with Crippen LogP contribution >= 0.6 is 11.8 Å². The normalized spacial score (nSPS) is 11.7. The van der Waals surface area contributed by atoms with Crippen molar-refractivity contribution in [3.8, 4) is 0 Å². The summed E-state index contributed by atoms with van der Waals surface area (Å²) < 4.78 is 9.41. The van der Waals surface area contributed by atoms with Crippen molar-refractivity contribution in [2.45, 2.75) is 12.5 Å². The molecule has 0 aliphatic rings. The van der Waals surface area contributed by atoms with Crippen LogP contribution in [0.2, 0.25) is 0 Å². The van der Waals surface area contributed by atoms with Crippen LogP contribution < -0.4 is 10.6 Å². The number of hydrogen-bond donors (Lipinski definition) is 2. The van der Waals surface area contributed by atoms with Gasteiger partial charge in [-0.05, 0) is 18.4 Å². The van der Waals surface area contributed by atoms with Crippen LogP contribution in [0.25, 0.3) is 0 Å². The third kappa shape index (κ3) is 7.87. The monoisotopic (exact) mass is 264 g/mol. The second-order valence-corrected chi connectivity index (χ2v) is 4.24. The van der Waals surface area contributed by atoms with Crippen LogP contribution in [0.4, 0.5) is 4.79 Å². The maximum Gasteiger partial charge on any atom is 0.328 e. The van der Waals surface area contributed by atoms with Gasteiger partial charge >= 0.3 is 12.0 Å². The van der Waals surface area contributed by atoms with E-state index in [0.29, 0.717) is 19.6 Å². The van der Waals surface area contributed by atoms with E-state index < -0.39 is 18.0 Å². The van der Waals surface area contributed by atoms with Crippen molar-refractivity contribution in [1.82, 2.24) is 10.6 Å². The van der Waals surface area contributed by atoms with Gasteiger partial charge in [-0.1, -0.05) is 0 Å². The van der Waals surface area contributed by atoms with E-state index in [1.165, 1.54) is 7.11 Å². The van der Waals surface area contributed by atoms with E-state index in [0.717, 1.165) is 5.75 Å². The zero-order valence-corrected chi connectivity index (χ0v) is 11.3. The van der Waals surface area contributed by atoms with Gasteiger partial charge in [0.25, 0.3) is 0 Å². The van der Waals surface area contributed by atoms with Crippen LogP contribution in [0.1, 0.15) is 6.42 Å². The van der Waals surface area contributed by atoms with Crippen molar-refractivity contribution in [3.63, 3.8) is 0 Å². The summed E-state index contributed by atoms with van der Waals surface area (Å²) in [7, 11) is 2.86.